The van der Waals surface area contributed by atoms with Gasteiger partial charge in [-0.05, 0) is 48.4 Å². The molecule has 31 heavy (non-hydrogen) atoms. The van der Waals surface area contributed by atoms with E-state index in [2.05, 4.69) is 29.2 Å². The molecule has 0 aliphatic carbocycles. The van der Waals surface area contributed by atoms with E-state index in [9.17, 15) is 12.8 Å². The highest BCUT2D eigenvalue weighted by Gasteiger charge is 2.31. The third kappa shape index (κ3) is 4.00. The summed E-state index contributed by atoms with van der Waals surface area (Å²) in [5, 5.41) is 0.806. The minimum absolute atomic E-state index is 0.204. The lowest BCUT2D eigenvalue weighted by Crippen LogP contribution is -2.42. The first kappa shape index (κ1) is 20.6. The molecule has 0 amide bonds. The van der Waals surface area contributed by atoms with Crippen LogP contribution in [-0.4, -0.2) is 43.8 Å². The summed E-state index contributed by atoms with van der Waals surface area (Å²) in [5.74, 6) is 0.109. The summed E-state index contributed by atoms with van der Waals surface area (Å²) in [4.78, 5) is 2.71. The largest absolute Gasteiger partial charge is 0.298 e. The fourth-order valence-corrected chi connectivity index (χ4v) is 6.67. The van der Waals surface area contributed by atoms with Crippen LogP contribution in [0.1, 0.15) is 24.0 Å². The summed E-state index contributed by atoms with van der Waals surface area (Å²) in [5.41, 5.74) is 2.86. The highest BCUT2D eigenvalue weighted by atomic mass is 32.2. The Morgan fingerprint density at radius 1 is 0.839 bits per heavy atom. The van der Waals surface area contributed by atoms with E-state index in [-0.39, 0.29) is 4.90 Å². The smallest absolute Gasteiger partial charge is 0.243 e. The van der Waals surface area contributed by atoms with Crippen LogP contribution in [0.2, 0.25) is 0 Å². The molecule has 1 saturated heterocycles. The molecule has 3 aromatic rings. The molecule has 0 radical (unpaired) electrons. The molecule has 5 rings (SSSR count). The summed E-state index contributed by atoms with van der Waals surface area (Å²) >= 11 is 0. The van der Waals surface area contributed by atoms with Gasteiger partial charge in [-0.15, -0.1) is 0 Å². The van der Waals surface area contributed by atoms with Crippen molar-refractivity contribution in [3.05, 3.63) is 77.6 Å². The van der Waals surface area contributed by atoms with Crippen LogP contribution in [0.15, 0.2) is 65.6 Å². The quantitative estimate of drug-likeness (QED) is 0.605. The molecule has 0 N–H and O–H groups in total. The van der Waals surface area contributed by atoms with Crippen molar-refractivity contribution in [3.63, 3.8) is 0 Å². The van der Waals surface area contributed by atoms with Crippen LogP contribution in [0.25, 0.3) is 10.8 Å². The molecule has 2 aliphatic rings. The van der Waals surface area contributed by atoms with Gasteiger partial charge >= 0.3 is 0 Å². The van der Waals surface area contributed by atoms with Gasteiger partial charge in [0.1, 0.15) is 5.82 Å². The van der Waals surface area contributed by atoms with E-state index in [1.54, 1.807) is 28.6 Å². The minimum atomic E-state index is -3.65. The van der Waals surface area contributed by atoms with Gasteiger partial charge < -0.3 is 0 Å². The lowest BCUT2D eigenvalue weighted by molar-refractivity contribution is 0.171. The highest BCUT2D eigenvalue weighted by molar-refractivity contribution is 7.89. The second kappa shape index (κ2) is 8.34. The fourth-order valence-electron chi connectivity index (χ4n) is 5.01. The predicted octanol–water partition coefficient (Wildman–Crippen LogP) is 4.44. The van der Waals surface area contributed by atoms with Crippen LogP contribution in [0.3, 0.4) is 0 Å². The first-order valence-electron chi connectivity index (χ1n) is 11.0. The van der Waals surface area contributed by atoms with E-state index in [4.69, 9.17) is 0 Å². The molecule has 6 heteroatoms. The third-order valence-corrected chi connectivity index (χ3v) is 8.71. The second-order valence-corrected chi connectivity index (χ2v) is 10.6. The third-order valence-electron chi connectivity index (χ3n) is 6.75. The van der Waals surface area contributed by atoms with E-state index < -0.39 is 15.8 Å². The molecule has 0 spiro atoms. The normalized spacial score (nSPS) is 18.9. The molecule has 0 aromatic heterocycles. The maximum absolute atomic E-state index is 14.2. The van der Waals surface area contributed by atoms with Crippen molar-refractivity contribution in [1.29, 1.82) is 0 Å². The van der Waals surface area contributed by atoms with Crippen LogP contribution >= 0.6 is 0 Å². The van der Waals surface area contributed by atoms with Gasteiger partial charge in [0.2, 0.25) is 10.0 Å². The van der Waals surface area contributed by atoms with Crippen molar-refractivity contribution in [2.45, 2.75) is 30.7 Å². The zero-order chi connectivity index (χ0) is 21.4. The summed E-state index contributed by atoms with van der Waals surface area (Å²) in [6.45, 7) is 4.10. The van der Waals surface area contributed by atoms with Crippen molar-refractivity contribution in [1.82, 2.24) is 9.21 Å². The zero-order valence-corrected chi connectivity index (χ0v) is 18.3. The standard InChI is InChI=1S/C25H27FN2O2S/c26-24-9-10-25(23-8-4-3-7-22(23)24)31(29,30)28-15-11-19(12-16-28)17-27-14-13-20-5-1-2-6-21(20)18-27/h1-10,19H,11-18H2. The van der Waals surface area contributed by atoms with Gasteiger partial charge in [0, 0.05) is 43.5 Å². The number of nitrogens with zero attached hydrogens (tertiary/aromatic N) is 2. The fraction of sp³-hybridized carbons (Fsp3) is 0.360. The van der Waals surface area contributed by atoms with Gasteiger partial charge in [0.25, 0.3) is 0 Å². The van der Waals surface area contributed by atoms with Crippen molar-refractivity contribution >= 4 is 20.8 Å². The molecular weight excluding hydrogens is 411 g/mol. The number of fused-ring (bicyclic) bond motifs is 2. The Labute approximate surface area is 183 Å². The predicted molar refractivity (Wildman–Crippen MR) is 121 cm³/mol. The van der Waals surface area contributed by atoms with Gasteiger partial charge in [-0.2, -0.15) is 4.31 Å². The SMILES string of the molecule is O=S(=O)(c1ccc(F)c2ccccc12)N1CCC(CN2CCc3ccccc3C2)CC1. The molecular formula is C25H27FN2O2S. The number of hydrogen-bond donors (Lipinski definition) is 0. The number of hydrogen-bond acceptors (Lipinski definition) is 3. The van der Waals surface area contributed by atoms with Gasteiger partial charge in [0.15, 0.2) is 0 Å². The van der Waals surface area contributed by atoms with Crippen LogP contribution < -0.4 is 0 Å². The van der Waals surface area contributed by atoms with E-state index in [0.29, 0.717) is 29.8 Å². The Morgan fingerprint density at radius 2 is 1.52 bits per heavy atom. The van der Waals surface area contributed by atoms with Gasteiger partial charge in [-0.3, -0.25) is 4.90 Å². The highest BCUT2D eigenvalue weighted by Crippen LogP contribution is 2.31. The van der Waals surface area contributed by atoms with Crippen molar-refractivity contribution in [2.75, 3.05) is 26.2 Å². The van der Waals surface area contributed by atoms with E-state index in [0.717, 1.165) is 38.9 Å². The summed E-state index contributed by atoms with van der Waals surface area (Å²) in [6.07, 6.45) is 2.80. The summed E-state index contributed by atoms with van der Waals surface area (Å²) in [7, 11) is -3.65. The summed E-state index contributed by atoms with van der Waals surface area (Å²) in [6, 6.07) is 18.1. The van der Waals surface area contributed by atoms with Crippen LogP contribution in [0.4, 0.5) is 4.39 Å². The van der Waals surface area contributed by atoms with Gasteiger partial charge in [-0.1, -0.05) is 48.5 Å². The van der Waals surface area contributed by atoms with E-state index >= 15 is 0 Å². The molecule has 3 aromatic carbocycles. The van der Waals surface area contributed by atoms with Gasteiger partial charge in [-0.25, -0.2) is 12.8 Å². The average molecular weight is 439 g/mol. The first-order chi connectivity index (χ1) is 15.0. The maximum atomic E-state index is 14.2. The molecule has 0 saturated carbocycles. The Balaban J connectivity index is 1.26. The lowest BCUT2D eigenvalue weighted by atomic mass is 9.94. The lowest BCUT2D eigenvalue weighted by Gasteiger charge is -2.36. The minimum Gasteiger partial charge on any atom is -0.298 e. The van der Waals surface area contributed by atoms with Crippen LogP contribution in [0, 0.1) is 11.7 Å². The molecule has 2 heterocycles. The second-order valence-electron chi connectivity index (χ2n) is 8.69. The molecule has 162 valence electrons. The number of rotatable bonds is 4. The maximum Gasteiger partial charge on any atom is 0.243 e. The van der Waals surface area contributed by atoms with E-state index in [1.807, 2.05) is 0 Å². The van der Waals surface area contributed by atoms with E-state index in [1.165, 1.54) is 23.3 Å². The van der Waals surface area contributed by atoms with Crippen molar-refractivity contribution in [2.24, 2.45) is 5.92 Å². The number of halogens is 1. The summed E-state index contributed by atoms with van der Waals surface area (Å²) < 4.78 is 42.4. The Morgan fingerprint density at radius 3 is 2.29 bits per heavy atom. The monoisotopic (exact) mass is 438 g/mol. The van der Waals surface area contributed by atoms with Crippen molar-refractivity contribution < 1.29 is 12.8 Å². The van der Waals surface area contributed by atoms with Crippen LogP contribution in [-0.2, 0) is 23.0 Å². The topological polar surface area (TPSA) is 40.6 Å². The molecule has 0 atom stereocenters. The molecule has 0 unspecified atom stereocenters. The first-order valence-corrected chi connectivity index (χ1v) is 12.4. The Bertz CT molecular complexity index is 1200. The molecule has 2 aliphatic heterocycles. The number of sulfonamides is 1. The number of benzene rings is 3. The molecule has 4 nitrogen and oxygen atoms in total. The van der Waals surface area contributed by atoms with Crippen molar-refractivity contribution in [3.8, 4) is 0 Å². The molecule has 0 bridgehead atoms. The molecule has 1 fully saturated rings. The Hall–Kier alpha value is -2.28. The van der Waals surface area contributed by atoms with Crippen LogP contribution in [0.5, 0.6) is 0 Å². The zero-order valence-electron chi connectivity index (χ0n) is 17.5. The number of piperidine rings is 1. The average Bonchev–Trinajstić information content (AvgIpc) is 2.80. The Kier molecular flexibility index (Phi) is 5.54. The van der Waals surface area contributed by atoms with Gasteiger partial charge in [0.05, 0.1) is 4.90 Å².